The van der Waals surface area contributed by atoms with Gasteiger partial charge >= 0.3 is 0 Å². The molecule has 1 aromatic carbocycles. The molecule has 20 heavy (non-hydrogen) atoms. The molecule has 1 aromatic rings. The number of sulfone groups is 1. The van der Waals surface area contributed by atoms with E-state index in [4.69, 9.17) is 4.74 Å². The third-order valence-corrected chi connectivity index (χ3v) is 6.76. The second kappa shape index (κ2) is 6.03. The van der Waals surface area contributed by atoms with Crippen molar-refractivity contribution in [2.24, 2.45) is 0 Å². The number of halogens is 1. The van der Waals surface area contributed by atoms with Crippen LogP contribution in [-0.4, -0.2) is 33.6 Å². The minimum Gasteiger partial charge on any atom is -0.496 e. The van der Waals surface area contributed by atoms with Crippen molar-refractivity contribution in [3.8, 4) is 5.75 Å². The van der Waals surface area contributed by atoms with Crippen molar-refractivity contribution in [1.29, 1.82) is 0 Å². The van der Waals surface area contributed by atoms with Gasteiger partial charge in [-0.25, -0.2) is 8.42 Å². The molecule has 0 radical (unpaired) electrons. The maximum absolute atomic E-state index is 12.1. The molecule has 0 spiro atoms. The van der Waals surface area contributed by atoms with Gasteiger partial charge in [0.15, 0.2) is 9.84 Å². The van der Waals surface area contributed by atoms with Gasteiger partial charge in [0, 0.05) is 16.3 Å². The van der Waals surface area contributed by atoms with Crippen molar-refractivity contribution in [3.05, 3.63) is 27.7 Å². The number of hydrogen-bond acceptors (Lipinski definition) is 4. The number of aryl methyl sites for hydroxylation is 1. The van der Waals surface area contributed by atoms with Gasteiger partial charge in [-0.2, -0.15) is 0 Å². The van der Waals surface area contributed by atoms with Crippen molar-refractivity contribution < 1.29 is 13.2 Å². The molecule has 1 unspecified atom stereocenters. The fourth-order valence-corrected chi connectivity index (χ4v) is 3.20. The van der Waals surface area contributed by atoms with Gasteiger partial charge in [-0.05, 0) is 45.5 Å². The first kappa shape index (κ1) is 17.5. The van der Waals surface area contributed by atoms with Gasteiger partial charge in [-0.3, -0.25) is 0 Å². The summed E-state index contributed by atoms with van der Waals surface area (Å²) in [4.78, 5) is 0. The zero-order chi connectivity index (χ0) is 15.7. The van der Waals surface area contributed by atoms with Crippen LogP contribution in [0.5, 0.6) is 5.75 Å². The Balaban J connectivity index is 3.51. The molecule has 114 valence electrons. The number of nitrogens with one attached hydrogen (secondary N) is 1. The van der Waals surface area contributed by atoms with Crippen molar-refractivity contribution in [2.45, 2.75) is 31.6 Å². The maximum Gasteiger partial charge on any atom is 0.154 e. The Kier molecular flexibility index (Phi) is 5.27. The summed E-state index contributed by atoms with van der Waals surface area (Å²) in [7, 11) is 0.101. The fourth-order valence-electron chi connectivity index (χ4n) is 2.16. The second-order valence-electron chi connectivity index (χ2n) is 5.44. The molecule has 0 aromatic heterocycles. The van der Waals surface area contributed by atoms with Crippen LogP contribution in [0, 0.1) is 6.92 Å². The number of rotatable bonds is 5. The zero-order valence-electron chi connectivity index (χ0n) is 12.7. The molecule has 0 heterocycles. The summed E-state index contributed by atoms with van der Waals surface area (Å²) in [6, 6.07) is 3.45. The highest BCUT2D eigenvalue weighted by Crippen LogP contribution is 2.39. The Hall–Kier alpha value is -0.590. The summed E-state index contributed by atoms with van der Waals surface area (Å²) in [5, 5.41) is 3.11. The first-order chi connectivity index (χ1) is 9.06. The van der Waals surface area contributed by atoms with Crippen molar-refractivity contribution in [1.82, 2.24) is 5.32 Å². The predicted molar refractivity (Wildman–Crippen MR) is 86.2 cm³/mol. The number of ether oxygens (including phenoxy) is 1. The van der Waals surface area contributed by atoms with Crippen LogP contribution in [0.25, 0.3) is 0 Å². The molecule has 0 amide bonds. The Morgan fingerprint density at radius 1 is 1.35 bits per heavy atom. The molecule has 0 aliphatic heterocycles. The van der Waals surface area contributed by atoms with E-state index in [-0.39, 0.29) is 6.04 Å². The lowest BCUT2D eigenvalue weighted by molar-refractivity contribution is 0.385. The molecule has 1 N–H and O–H groups in total. The Morgan fingerprint density at radius 3 is 2.30 bits per heavy atom. The van der Waals surface area contributed by atoms with E-state index in [1.54, 1.807) is 28.0 Å². The molecule has 1 atom stereocenters. The molecule has 6 heteroatoms. The van der Waals surface area contributed by atoms with E-state index in [0.717, 1.165) is 15.6 Å². The number of methoxy groups -OCH3 is 1. The van der Waals surface area contributed by atoms with Crippen LogP contribution in [0.1, 0.15) is 31.0 Å². The van der Waals surface area contributed by atoms with Crippen LogP contribution in [0.2, 0.25) is 0 Å². The first-order valence-electron chi connectivity index (χ1n) is 6.27. The summed E-state index contributed by atoms with van der Waals surface area (Å²) < 4.78 is 29.6. The average molecular weight is 364 g/mol. The monoisotopic (exact) mass is 363 g/mol. The Morgan fingerprint density at radius 2 is 1.90 bits per heavy atom. The third kappa shape index (κ3) is 3.18. The molecule has 1 rings (SSSR count). The standard InChI is InChI=1S/C14H22BrNO3S/c1-9-7-12(19-5)10(8-11(9)15)13(16-4)14(2,3)20(6,17)18/h7-8,13,16H,1-6H3. The lowest BCUT2D eigenvalue weighted by Gasteiger charge is -2.33. The van der Waals surface area contributed by atoms with Crippen molar-refractivity contribution >= 4 is 25.8 Å². The van der Waals surface area contributed by atoms with E-state index in [1.807, 2.05) is 19.1 Å². The molecule has 0 aliphatic carbocycles. The SMILES string of the molecule is CNC(c1cc(Br)c(C)cc1OC)C(C)(C)S(C)(=O)=O. The molecular formula is C14H22BrNO3S. The highest BCUT2D eigenvalue weighted by molar-refractivity contribution is 9.10. The van der Waals surface area contributed by atoms with Crippen LogP contribution < -0.4 is 10.1 Å². The smallest absolute Gasteiger partial charge is 0.154 e. The topological polar surface area (TPSA) is 55.4 Å². The normalized spacial score (nSPS) is 14.2. The molecule has 0 fully saturated rings. The van der Waals surface area contributed by atoms with Gasteiger partial charge in [0.2, 0.25) is 0 Å². The van der Waals surface area contributed by atoms with Gasteiger partial charge in [0.05, 0.1) is 17.9 Å². The van der Waals surface area contributed by atoms with E-state index >= 15 is 0 Å². The summed E-state index contributed by atoms with van der Waals surface area (Å²) in [6.07, 6.45) is 1.26. The highest BCUT2D eigenvalue weighted by atomic mass is 79.9. The van der Waals surface area contributed by atoms with Crippen molar-refractivity contribution in [3.63, 3.8) is 0 Å². The highest BCUT2D eigenvalue weighted by Gasteiger charge is 2.40. The van der Waals surface area contributed by atoms with Crippen LogP contribution in [-0.2, 0) is 9.84 Å². The molecular weight excluding hydrogens is 342 g/mol. The van der Waals surface area contributed by atoms with Crippen LogP contribution in [0.3, 0.4) is 0 Å². The quantitative estimate of drug-likeness (QED) is 0.873. The second-order valence-corrected chi connectivity index (χ2v) is 8.89. The summed E-state index contributed by atoms with van der Waals surface area (Å²) in [6.45, 7) is 5.40. The van der Waals surface area contributed by atoms with E-state index < -0.39 is 14.6 Å². The zero-order valence-corrected chi connectivity index (χ0v) is 15.1. The molecule has 4 nitrogen and oxygen atoms in total. The van der Waals surface area contributed by atoms with Crippen LogP contribution >= 0.6 is 15.9 Å². The third-order valence-electron chi connectivity index (χ3n) is 3.76. The van der Waals surface area contributed by atoms with E-state index in [2.05, 4.69) is 21.2 Å². The van der Waals surface area contributed by atoms with Gasteiger partial charge in [0.1, 0.15) is 5.75 Å². The van der Waals surface area contributed by atoms with Crippen molar-refractivity contribution in [2.75, 3.05) is 20.4 Å². The van der Waals surface area contributed by atoms with Crippen LogP contribution in [0.15, 0.2) is 16.6 Å². The lowest BCUT2D eigenvalue weighted by Crippen LogP contribution is -2.44. The Bertz CT molecular complexity index is 597. The minimum absolute atomic E-state index is 0.371. The predicted octanol–water partition coefficient (Wildman–Crippen LogP) is 2.85. The lowest BCUT2D eigenvalue weighted by atomic mass is 9.93. The van der Waals surface area contributed by atoms with Gasteiger partial charge in [0.25, 0.3) is 0 Å². The van der Waals surface area contributed by atoms with E-state index in [9.17, 15) is 8.42 Å². The largest absolute Gasteiger partial charge is 0.496 e. The molecule has 0 aliphatic rings. The van der Waals surface area contributed by atoms with E-state index in [1.165, 1.54) is 6.26 Å². The van der Waals surface area contributed by atoms with Gasteiger partial charge in [-0.1, -0.05) is 15.9 Å². The fraction of sp³-hybridized carbons (Fsp3) is 0.571. The number of benzene rings is 1. The molecule has 0 saturated carbocycles. The Labute approximate surface area is 130 Å². The van der Waals surface area contributed by atoms with Gasteiger partial charge < -0.3 is 10.1 Å². The van der Waals surface area contributed by atoms with Crippen LogP contribution in [0.4, 0.5) is 0 Å². The molecule has 0 bridgehead atoms. The average Bonchev–Trinajstić information content (AvgIpc) is 2.32. The van der Waals surface area contributed by atoms with Gasteiger partial charge in [-0.15, -0.1) is 0 Å². The summed E-state index contributed by atoms with van der Waals surface area (Å²) in [5.74, 6) is 0.682. The number of hydrogen-bond donors (Lipinski definition) is 1. The summed E-state index contributed by atoms with van der Waals surface area (Å²) in [5.41, 5.74) is 1.86. The van der Waals surface area contributed by atoms with E-state index in [0.29, 0.717) is 5.75 Å². The minimum atomic E-state index is -3.24. The summed E-state index contributed by atoms with van der Waals surface area (Å²) >= 11 is 3.49. The molecule has 0 saturated heterocycles. The maximum atomic E-state index is 12.1. The first-order valence-corrected chi connectivity index (χ1v) is 8.95.